The van der Waals surface area contributed by atoms with Crippen molar-refractivity contribution in [1.82, 2.24) is 4.90 Å². The third-order valence-corrected chi connectivity index (χ3v) is 2.02. The molecule has 1 heterocycles. The Hall–Kier alpha value is -1.05. The van der Waals surface area contributed by atoms with Crippen LogP contribution in [0.15, 0.2) is 24.4 Å². The summed E-state index contributed by atoms with van der Waals surface area (Å²) in [4.78, 5) is 12.9. The number of hydrogen-bond donors (Lipinski definition) is 0. The van der Waals surface area contributed by atoms with Crippen LogP contribution in [0.3, 0.4) is 0 Å². The van der Waals surface area contributed by atoms with Gasteiger partial charge in [0.2, 0.25) is 0 Å². The first-order valence-corrected chi connectivity index (χ1v) is 4.44. The molecule has 0 spiro atoms. The molecule has 1 rings (SSSR count). The van der Waals surface area contributed by atoms with Gasteiger partial charge in [-0.05, 0) is 12.5 Å². The van der Waals surface area contributed by atoms with Gasteiger partial charge in [0.05, 0.1) is 0 Å². The molecule has 0 bridgehead atoms. The SMILES string of the molecule is C=C1C=CC(=O)N1CCCCC. The van der Waals surface area contributed by atoms with E-state index in [4.69, 9.17) is 0 Å². The molecule has 2 nitrogen and oxygen atoms in total. The van der Waals surface area contributed by atoms with Crippen molar-refractivity contribution in [3.63, 3.8) is 0 Å². The van der Waals surface area contributed by atoms with Crippen LogP contribution in [0.4, 0.5) is 0 Å². The van der Waals surface area contributed by atoms with Crippen molar-refractivity contribution >= 4 is 5.91 Å². The second-order valence-electron chi connectivity index (χ2n) is 3.02. The van der Waals surface area contributed by atoms with E-state index in [0.29, 0.717) is 0 Å². The maximum absolute atomic E-state index is 11.2. The predicted molar refractivity (Wildman–Crippen MR) is 49.5 cm³/mol. The van der Waals surface area contributed by atoms with Crippen LogP contribution in [0.1, 0.15) is 26.2 Å². The van der Waals surface area contributed by atoms with Gasteiger partial charge in [0.25, 0.3) is 5.91 Å². The van der Waals surface area contributed by atoms with Gasteiger partial charge in [-0.3, -0.25) is 4.79 Å². The number of rotatable bonds is 4. The molecule has 66 valence electrons. The van der Waals surface area contributed by atoms with Crippen LogP contribution < -0.4 is 0 Å². The van der Waals surface area contributed by atoms with E-state index in [-0.39, 0.29) is 5.91 Å². The monoisotopic (exact) mass is 165 g/mol. The largest absolute Gasteiger partial charge is 0.309 e. The summed E-state index contributed by atoms with van der Waals surface area (Å²) in [6.45, 7) is 6.75. The van der Waals surface area contributed by atoms with Crippen LogP contribution in [0.25, 0.3) is 0 Å². The van der Waals surface area contributed by atoms with Crippen molar-refractivity contribution < 1.29 is 4.79 Å². The molecule has 1 aliphatic rings. The maximum atomic E-state index is 11.2. The van der Waals surface area contributed by atoms with Crippen LogP contribution in [0.2, 0.25) is 0 Å². The van der Waals surface area contributed by atoms with E-state index in [1.807, 2.05) is 0 Å². The molecule has 0 atom stereocenters. The van der Waals surface area contributed by atoms with E-state index in [0.717, 1.165) is 18.7 Å². The van der Waals surface area contributed by atoms with Crippen LogP contribution in [-0.2, 0) is 4.79 Å². The van der Waals surface area contributed by atoms with Crippen LogP contribution in [0.5, 0.6) is 0 Å². The Balaban J connectivity index is 2.33. The zero-order valence-electron chi connectivity index (χ0n) is 7.55. The Kier molecular flexibility index (Phi) is 3.09. The lowest BCUT2D eigenvalue weighted by molar-refractivity contribution is -0.123. The third-order valence-electron chi connectivity index (χ3n) is 2.02. The summed E-state index contributed by atoms with van der Waals surface area (Å²) in [6, 6.07) is 0. The minimum atomic E-state index is 0.0797. The lowest BCUT2D eigenvalue weighted by Gasteiger charge is -2.16. The van der Waals surface area contributed by atoms with E-state index in [9.17, 15) is 4.79 Å². The van der Waals surface area contributed by atoms with Crippen LogP contribution >= 0.6 is 0 Å². The predicted octanol–water partition coefficient (Wildman–Crippen LogP) is 2.09. The molecule has 1 amide bonds. The van der Waals surface area contributed by atoms with E-state index < -0.39 is 0 Å². The van der Waals surface area contributed by atoms with E-state index >= 15 is 0 Å². The topological polar surface area (TPSA) is 20.3 Å². The maximum Gasteiger partial charge on any atom is 0.251 e. The lowest BCUT2D eigenvalue weighted by atomic mass is 10.2. The molecule has 0 N–H and O–H groups in total. The van der Waals surface area contributed by atoms with Gasteiger partial charge in [0.1, 0.15) is 0 Å². The van der Waals surface area contributed by atoms with Crippen molar-refractivity contribution in [2.24, 2.45) is 0 Å². The number of amides is 1. The van der Waals surface area contributed by atoms with Crippen LogP contribution in [-0.4, -0.2) is 17.4 Å². The van der Waals surface area contributed by atoms with Gasteiger partial charge in [-0.25, -0.2) is 0 Å². The summed E-state index contributed by atoms with van der Waals surface area (Å²) < 4.78 is 0. The second kappa shape index (κ2) is 4.10. The smallest absolute Gasteiger partial charge is 0.251 e. The molecule has 0 fully saturated rings. The van der Waals surface area contributed by atoms with E-state index in [1.165, 1.54) is 12.8 Å². The highest BCUT2D eigenvalue weighted by Crippen LogP contribution is 2.13. The molecule has 12 heavy (non-hydrogen) atoms. The minimum absolute atomic E-state index is 0.0797. The number of hydrogen-bond acceptors (Lipinski definition) is 1. The number of allylic oxidation sites excluding steroid dienone is 1. The summed E-state index contributed by atoms with van der Waals surface area (Å²) in [5.74, 6) is 0.0797. The number of carbonyl (C=O) groups is 1. The standard InChI is InChI=1S/C10H15NO/c1-3-4-5-8-11-9(2)6-7-10(11)12/h6-7H,2-5,8H2,1H3. The Morgan fingerprint density at radius 1 is 1.42 bits per heavy atom. The average molecular weight is 165 g/mol. The first-order valence-electron chi connectivity index (χ1n) is 4.44. The average Bonchev–Trinajstić information content (AvgIpc) is 2.35. The fourth-order valence-corrected chi connectivity index (χ4v) is 1.26. The zero-order chi connectivity index (χ0) is 8.97. The van der Waals surface area contributed by atoms with Crippen molar-refractivity contribution in [1.29, 1.82) is 0 Å². The first-order chi connectivity index (χ1) is 5.75. The Morgan fingerprint density at radius 2 is 2.17 bits per heavy atom. The first kappa shape index (κ1) is 9.04. The quantitative estimate of drug-likeness (QED) is 0.584. The van der Waals surface area contributed by atoms with E-state index in [1.54, 1.807) is 17.1 Å². The highest BCUT2D eigenvalue weighted by Gasteiger charge is 2.16. The molecular formula is C10H15NO. The summed E-state index contributed by atoms with van der Waals surface area (Å²) in [7, 11) is 0. The number of carbonyl (C=O) groups excluding carboxylic acids is 1. The molecule has 0 unspecified atom stereocenters. The number of unbranched alkanes of at least 4 members (excludes halogenated alkanes) is 2. The Bertz CT molecular complexity index is 200. The van der Waals surface area contributed by atoms with Gasteiger partial charge in [-0.15, -0.1) is 0 Å². The van der Waals surface area contributed by atoms with Crippen molar-refractivity contribution in [3.8, 4) is 0 Å². The van der Waals surface area contributed by atoms with Crippen molar-refractivity contribution in [2.75, 3.05) is 6.54 Å². The molecule has 0 radical (unpaired) electrons. The van der Waals surface area contributed by atoms with Gasteiger partial charge in [-0.1, -0.05) is 26.3 Å². The summed E-state index contributed by atoms with van der Waals surface area (Å²) >= 11 is 0. The summed E-state index contributed by atoms with van der Waals surface area (Å²) in [5, 5.41) is 0. The van der Waals surface area contributed by atoms with Crippen molar-refractivity contribution in [3.05, 3.63) is 24.4 Å². The molecule has 0 aliphatic carbocycles. The van der Waals surface area contributed by atoms with Gasteiger partial charge in [0, 0.05) is 18.3 Å². The van der Waals surface area contributed by atoms with E-state index in [2.05, 4.69) is 13.5 Å². The summed E-state index contributed by atoms with van der Waals surface area (Å²) in [5.41, 5.74) is 0.830. The summed E-state index contributed by atoms with van der Waals surface area (Å²) in [6.07, 6.45) is 6.78. The number of nitrogens with zero attached hydrogens (tertiary/aromatic N) is 1. The second-order valence-corrected chi connectivity index (χ2v) is 3.02. The highest BCUT2D eigenvalue weighted by molar-refractivity contribution is 5.92. The normalized spacial score (nSPS) is 16.2. The Morgan fingerprint density at radius 3 is 2.67 bits per heavy atom. The van der Waals surface area contributed by atoms with Crippen molar-refractivity contribution in [2.45, 2.75) is 26.2 Å². The fraction of sp³-hybridized carbons (Fsp3) is 0.500. The van der Waals surface area contributed by atoms with Crippen LogP contribution in [0, 0.1) is 0 Å². The fourth-order valence-electron chi connectivity index (χ4n) is 1.26. The highest BCUT2D eigenvalue weighted by atomic mass is 16.2. The molecular weight excluding hydrogens is 150 g/mol. The van der Waals surface area contributed by atoms with Gasteiger partial charge in [-0.2, -0.15) is 0 Å². The molecule has 0 saturated carbocycles. The molecule has 0 aromatic heterocycles. The molecule has 2 heteroatoms. The van der Waals surface area contributed by atoms with Gasteiger partial charge < -0.3 is 4.90 Å². The van der Waals surface area contributed by atoms with Gasteiger partial charge in [0.15, 0.2) is 0 Å². The third kappa shape index (κ3) is 1.97. The zero-order valence-corrected chi connectivity index (χ0v) is 7.55. The molecule has 0 saturated heterocycles. The lowest BCUT2D eigenvalue weighted by Crippen LogP contribution is -2.24. The molecule has 1 aliphatic heterocycles. The minimum Gasteiger partial charge on any atom is -0.309 e. The molecule has 0 aromatic rings. The van der Waals surface area contributed by atoms with Gasteiger partial charge >= 0.3 is 0 Å². The Labute approximate surface area is 73.6 Å². The molecule has 0 aromatic carbocycles.